The fourth-order valence-corrected chi connectivity index (χ4v) is 8.71. The first-order chi connectivity index (χ1) is 21.8. The highest BCUT2D eigenvalue weighted by molar-refractivity contribution is 7.26. The van der Waals surface area contributed by atoms with Gasteiger partial charge in [0, 0.05) is 40.3 Å². The van der Waals surface area contributed by atoms with E-state index in [4.69, 9.17) is 0 Å². The lowest BCUT2D eigenvalue weighted by molar-refractivity contribution is 1.57. The van der Waals surface area contributed by atoms with Crippen molar-refractivity contribution < 1.29 is 0 Å². The summed E-state index contributed by atoms with van der Waals surface area (Å²) in [6.45, 7) is 0. The monoisotopic (exact) mass is 594 g/mol. The fourth-order valence-electron chi connectivity index (χ4n) is 6.42. The quantitative estimate of drug-likeness (QED) is 0.190. The van der Waals surface area contributed by atoms with Gasteiger partial charge >= 0.3 is 0 Å². The third-order valence-corrected chi connectivity index (χ3v) is 11.0. The highest BCUT2D eigenvalue weighted by Crippen LogP contribution is 2.38. The minimum Gasteiger partial charge on any atom is -0.135 e. The lowest BCUT2D eigenvalue weighted by Crippen LogP contribution is -1.84. The van der Waals surface area contributed by atoms with Crippen LogP contribution in [0.3, 0.4) is 0 Å². The highest BCUT2D eigenvalue weighted by atomic mass is 32.1. The summed E-state index contributed by atoms with van der Waals surface area (Å²) in [5, 5.41) is 5.37. The van der Waals surface area contributed by atoms with Crippen molar-refractivity contribution in [2.24, 2.45) is 0 Å². The molecule has 0 saturated heterocycles. The molecule has 2 aromatic heterocycles. The average molecular weight is 595 g/mol. The van der Waals surface area contributed by atoms with Gasteiger partial charge in [-0.25, -0.2) is 0 Å². The minimum absolute atomic E-state index is 1.23. The molecule has 0 fully saturated rings. The Morgan fingerprint density at radius 1 is 0.227 bits per heavy atom. The van der Waals surface area contributed by atoms with Crippen LogP contribution in [0.5, 0.6) is 0 Å². The van der Waals surface area contributed by atoms with Crippen molar-refractivity contribution in [3.8, 4) is 44.5 Å². The summed E-state index contributed by atoms with van der Waals surface area (Å²) >= 11 is 3.74. The van der Waals surface area contributed by atoms with Crippen LogP contribution in [0, 0.1) is 0 Å². The SMILES string of the molecule is c1cc(-c2ccc(-c3ccc4c(c3)sc3ccccc34)cc2)cc(-c2cccc(-c3ccc4c(c3)sc3ccccc34)c2)c1. The van der Waals surface area contributed by atoms with Gasteiger partial charge < -0.3 is 0 Å². The lowest BCUT2D eigenvalue weighted by atomic mass is 9.95. The second kappa shape index (κ2) is 10.3. The van der Waals surface area contributed by atoms with Gasteiger partial charge in [-0.2, -0.15) is 0 Å². The molecular formula is C42H26S2. The van der Waals surface area contributed by atoms with Crippen molar-refractivity contribution in [3.05, 3.63) is 158 Å². The molecule has 206 valence electrons. The maximum Gasteiger partial charge on any atom is 0.0361 e. The summed E-state index contributed by atoms with van der Waals surface area (Å²) in [7, 11) is 0. The van der Waals surface area contributed by atoms with E-state index in [0.717, 1.165) is 0 Å². The van der Waals surface area contributed by atoms with E-state index < -0.39 is 0 Å². The van der Waals surface area contributed by atoms with Gasteiger partial charge in [0.1, 0.15) is 0 Å². The number of fused-ring (bicyclic) bond motifs is 6. The number of thiophene rings is 2. The Balaban J connectivity index is 1.02. The second-order valence-corrected chi connectivity index (χ2v) is 13.5. The Morgan fingerprint density at radius 2 is 0.568 bits per heavy atom. The van der Waals surface area contributed by atoms with Gasteiger partial charge in [0.2, 0.25) is 0 Å². The maximum absolute atomic E-state index is 2.34. The van der Waals surface area contributed by atoms with E-state index in [9.17, 15) is 0 Å². The van der Waals surface area contributed by atoms with Crippen molar-refractivity contribution in [1.82, 2.24) is 0 Å². The molecule has 0 spiro atoms. The second-order valence-electron chi connectivity index (χ2n) is 11.4. The molecule has 2 heteroatoms. The Hall–Kier alpha value is -5.02. The molecule has 0 atom stereocenters. The average Bonchev–Trinajstić information content (AvgIpc) is 3.66. The number of hydrogen-bond donors (Lipinski definition) is 0. The molecule has 9 rings (SSSR count). The normalized spacial score (nSPS) is 11.6. The van der Waals surface area contributed by atoms with Gasteiger partial charge in [-0.1, -0.05) is 121 Å². The van der Waals surface area contributed by atoms with Gasteiger partial charge in [0.15, 0.2) is 0 Å². The molecule has 0 saturated carbocycles. The Kier molecular flexibility index (Phi) is 5.97. The first kappa shape index (κ1) is 25.5. The third kappa shape index (κ3) is 4.34. The molecule has 0 unspecified atom stereocenters. The van der Waals surface area contributed by atoms with E-state index in [1.54, 1.807) is 0 Å². The zero-order valence-corrected chi connectivity index (χ0v) is 25.5. The summed E-state index contributed by atoms with van der Waals surface area (Å²) in [5.74, 6) is 0. The first-order valence-corrected chi connectivity index (χ1v) is 16.5. The fraction of sp³-hybridized carbons (Fsp3) is 0. The molecule has 44 heavy (non-hydrogen) atoms. The van der Waals surface area contributed by atoms with Crippen LogP contribution < -0.4 is 0 Å². The van der Waals surface area contributed by atoms with Crippen molar-refractivity contribution in [2.45, 2.75) is 0 Å². The van der Waals surface area contributed by atoms with Crippen LogP contribution in [0.1, 0.15) is 0 Å². The summed E-state index contributed by atoms with van der Waals surface area (Å²) in [5.41, 5.74) is 9.91. The van der Waals surface area contributed by atoms with E-state index >= 15 is 0 Å². The molecule has 9 aromatic rings. The van der Waals surface area contributed by atoms with Gasteiger partial charge in [-0.05, 0) is 80.9 Å². The maximum atomic E-state index is 2.34. The molecule has 0 amide bonds. The van der Waals surface area contributed by atoms with Crippen LogP contribution in [0.15, 0.2) is 158 Å². The van der Waals surface area contributed by atoms with Gasteiger partial charge in [0.05, 0.1) is 0 Å². The van der Waals surface area contributed by atoms with Crippen molar-refractivity contribution in [2.75, 3.05) is 0 Å². The molecule has 0 bridgehead atoms. The number of rotatable bonds is 4. The van der Waals surface area contributed by atoms with Gasteiger partial charge in [-0.15, -0.1) is 22.7 Å². The summed E-state index contributed by atoms with van der Waals surface area (Å²) < 4.78 is 5.36. The third-order valence-electron chi connectivity index (χ3n) is 8.70. The van der Waals surface area contributed by atoms with E-state index in [1.165, 1.54) is 84.9 Å². The van der Waals surface area contributed by atoms with Crippen molar-refractivity contribution in [1.29, 1.82) is 0 Å². The number of hydrogen-bond acceptors (Lipinski definition) is 2. The van der Waals surface area contributed by atoms with E-state index in [2.05, 4.69) is 158 Å². The Morgan fingerprint density at radius 3 is 1.05 bits per heavy atom. The summed E-state index contributed by atoms with van der Waals surface area (Å²) in [6.07, 6.45) is 0. The number of benzene rings is 7. The molecule has 0 aliphatic rings. The molecule has 0 aliphatic heterocycles. The molecule has 2 heterocycles. The van der Waals surface area contributed by atoms with E-state index in [-0.39, 0.29) is 0 Å². The summed E-state index contributed by atoms with van der Waals surface area (Å²) in [6, 6.07) is 57.9. The van der Waals surface area contributed by atoms with Crippen molar-refractivity contribution in [3.63, 3.8) is 0 Å². The Labute approximate surface area is 264 Å². The largest absolute Gasteiger partial charge is 0.135 e. The molecular weight excluding hydrogens is 569 g/mol. The van der Waals surface area contributed by atoms with Crippen LogP contribution in [0.4, 0.5) is 0 Å². The molecule has 0 N–H and O–H groups in total. The van der Waals surface area contributed by atoms with Gasteiger partial charge in [0.25, 0.3) is 0 Å². The predicted molar refractivity (Wildman–Crippen MR) is 194 cm³/mol. The zero-order valence-electron chi connectivity index (χ0n) is 23.8. The first-order valence-electron chi connectivity index (χ1n) is 14.9. The molecule has 7 aromatic carbocycles. The predicted octanol–water partition coefficient (Wildman–Crippen LogP) is 13.1. The molecule has 0 radical (unpaired) electrons. The lowest BCUT2D eigenvalue weighted by Gasteiger charge is -2.10. The topological polar surface area (TPSA) is 0 Å². The molecule has 0 nitrogen and oxygen atoms in total. The molecule has 0 aliphatic carbocycles. The van der Waals surface area contributed by atoms with Crippen LogP contribution in [0.2, 0.25) is 0 Å². The van der Waals surface area contributed by atoms with Crippen LogP contribution in [-0.4, -0.2) is 0 Å². The van der Waals surface area contributed by atoms with Crippen molar-refractivity contribution >= 4 is 63.0 Å². The summed E-state index contributed by atoms with van der Waals surface area (Å²) in [4.78, 5) is 0. The van der Waals surface area contributed by atoms with Crippen LogP contribution >= 0.6 is 22.7 Å². The van der Waals surface area contributed by atoms with Gasteiger partial charge in [-0.3, -0.25) is 0 Å². The smallest absolute Gasteiger partial charge is 0.0361 e. The standard InChI is InChI=1S/C42H26S2/c1-3-13-39-35(11-1)37-21-19-33(25-41(37)43-39)28-17-15-27(16-18-28)29-7-5-8-30(23-29)31-9-6-10-32(24-31)34-20-22-38-36-12-2-4-14-40(36)44-42(38)26-34/h1-26H. The van der Waals surface area contributed by atoms with E-state index in [1.807, 2.05) is 22.7 Å². The van der Waals surface area contributed by atoms with Crippen LogP contribution in [-0.2, 0) is 0 Å². The Bertz CT molecular complexity index is 2490. The van der Waals surface area contributed by atoms with Crippen LogP contribution in [0.25, 0.3) is 84.9 Å². The van der Waals surface area contributed by atoms with E-state index in [0.29, 0.717) is 0 Å². The highest BCUT2D eigenvalue weighted by Gasteiger charge is 2.10. The zero-order chi connectivity index (χ0) is 29.0. The minimum atomic E-state index is 1.23.